The number of hydrogen-bond donors (Lipinski definition) is 1. The Hall–Kier alpha value is -0.580. The Bertz CT molecular complexity index is 227. The number of nitrogens with zero attached hydrogens (tertiary/aromatic N) is 1. The van der Waals surface area contributed by atoms with Gasteiger partial charge in [0.1, 0.15) is 0 Å². The summed E-state index contributed by atoms with van der Waals surface area (Å²) in [5.41, 5.74) is 0.699. The fourth-order valence-electron chi connectivity index (χ4n) is 0.475. The lowest BCUT2D eigenvalue weighted by Gasteiger charge is -2.00. The van der Waals surface area contributed by atoms with E-state index in [-0.39, 0.29) is 5.75 Å². The average Bonchev–Trinajstić information content (AvgIpc) is 1.84. The quantitative estimate of drug-likeness (QED) is 0.509. The second kappa shape index (κ2) is 4.33. The van der Waals surface area contributed by atoms with E-state index < -0.39 is 10.0 Å². The van der Waals surface area contributed by atoms with Gasteiger partial charge in [0.25, 0.3) is 0 Å². The molecule has 66 valence electrons. The number of sulfonamides is 1. The summed E-state index contributed by atoms with van der Waals surface area (Å²) in [6.07, 6.45) is 0.605. The number of rotatable bonds is 4. The smallest absolute Gasteiger partial charge is 0.205 e. The normalized spacial score (nSPS) is 10.8. The van der Waals surface area contributed by atoms with Gasteiger partial charge in [-0.05, 0) is 20.3 Å². The first-order chi connectivity index (χ1) is 4.98. The summed E-state index contributed by atoms with van der Waals surface area (Å²) in [6, 6.07) is 0. The van der Waals surface area contributed by atoms with Crippen LogP contribution in [-0.2, 0) is 10.0 Å². The second-order valence-corrected chi connectivity index (χ2v) is 4.29. The van der Waals surface area contributed by atoms with Gasteiger partial charge in [-0.15, -0.1) is 0 Å². The van der Waals surface area contributed by atoms with Gasteiger partial charge in [0, 0.05) is 5.71 Å². The predicted octanol–water partition coefficient (Wildman–Crippen LogP) is 0.712. The van der Waals surface area contributed by atoms with E-state index in [1.807, 2.05) is 6.92 Å². The minimum Gasteiger partial charge on any atom is -0.205 e. The maximum atomic E-state index is 10.9. The molecule has 0 saturated carbocycles. The van der Waals surface area contributed by atoms with Crippen LogP contribution in [0.25, 0.3) is 0 Å². The monoisotopic (exact) mass is 178 g/mol. The summed E-state index contributed by atoms with van der Waals surface area (Å²) >= 11 is 0. The Morgan fingerprint density at radius 2 is 2.00 bits per heavy atom. The molecule has 0 aromatic heterocycles. The second-order valence-electron chi connectivity index (χ2n) is 2.47. The van der Waals surface area contributed by atoms with E-state index in [9.17, 15) is 8.42 Å². The van der Waals surface area contributed by atoms with Crippen LogP contribution in [0.4, 0.5) is 0 Å². The van der Waals surface area contributed by atoms with Crippen LogP contribution >= 0.6 is 0 Å². The standard InChI is InChI=1S/C6H14N2O2S/c1-4-5-11(9,10)8-7-6(2)3/h8H,4-5H2,1-3H3. The lowest BCUT2D eigenvalue weighted by molar-refractivity contribution is 0.583. The lowest BCUT2D eigenvalue weighted by atomic mass is 10.5. The molecule has 0 unspecified atom stereocenters. The van der Waals surface area contributed by atoms with Crippen molar-refractivity contribution in [3.05, 3.63) is 0 Å². The molecule has 0 aromatic carbocycles. The summed E-state index contributed by atoms with van der Waals surface area (Å²) in [5.74, 6) is 0.129. The largest absolute Gasteiger partial charge is 0.247 e. The summed E-state index contributed by atoms with van der Waals surface area (Å²) in [7, 11) is -3.16. The number of hydrazone groups is 1. The van der Waals surface area contributed by atoms with Crippen molar-refractivity contribution >= 4 is 15.7 Å². The summed E-state index contributed by atoms with van der Waals surface area (Å²) in [6.45, 7) is 5.27. The number of nitrogens with one attached hydrogen (secondary N) is 1. The molecule has 0 aliphatic rings. The topological polar surface area (TPSA) is 58.5 Å². The highest BCUT2D eigenvalue weighted by molar-refractivity contribution is 7.89. The fourth-order valence-corrected chi connectivity index (χ4v) is 1.43. The van der Waals surface area contributed by atoms with Gasteiger partial charge in [0.2, 0.25) is 10.0 Å². The van der Waals surface area contributed by atoms with E-state index in [2.05, 4.69) is 9.93 Å². The van der Waals surface area contributed by atoms with Crippen LogP contribution in [0.2, 0.25) is 0 Å². The van der Waals surface area contributed by atoms with Crippen molar-refractivity contribution in [2.45, 2.75) is 27.2 Å². The Morgan fingerprint density at radius 1 is 1.45 bits per heavy atom. The molecule has 4 nitrogen and oxygen atoms in total. The zero-order valence-corrected chi connectivity index (χ0v) is 7.90. The minimum absolute atomic E-state index is 0.129. The van der Waals surface area contributed by atoms with Gasteiger partial charge in [-0.3, -0.25) is 0 Å². The van der Waals surface area contributed by atoms with Crippen LogP contribution in [0.15, 0.2) is 5.10 Å². The first kappa shape index (κ1) is 10.4. The van der Waals surface area contributed by atoms with Gasteiger partial charge in [-0.1, -0.05) is 6.92 Å². The number of hydrogen-bond acceptors (Lipinski definition) is 3. The molecule has 11 heavy (non-hydrogen) atoms. The van der Waals surface area contributed by atoms with Crippen LogP contribution in [-0.4, -0.2) is 19.9 Å². The third-order valence-electron chi connectivity index (χ3n) is 0.881. The third kappa shape index (κ3) is 5.84. The molecule has 0 aliphatic carbocycles. The third-order valence-corrected chi connectivity index (χ3v) is 2.20. The van der Waals surface area contributed by atoms with Crippen molar-refractivity contribution in [3.8, 4) is 0 Å². The highest BCUT2D eigenvalue weighted by Crippen LogP contribution is 1.87. The molecule has 0 radical (unpaired) electrons. The molecule has 0 spiro atoms. The molecule has 0 atom stereocenters. The van der Waals surface area contributed by atoms with E-state index in [1.54, 1.807) is 13.8 Å². The molecule has 5 heteroatoms. The molecule has 0 saturated heterocycles. The van der Waals surface area contributed by atoms with Crippen molar-refractivity contribution in [2.24, 2.45) is 5.10 Å². The molecule has 1 N–H and O–H groups in total. The molecule has 0 bridgehead atoms. The van der Waals surface area contributed by atoms with Crippen molar-refractivity contribution in [2.75, 3.05) is 5.75 Å². The zero-order valence-electron chi connectivity index (χ0n) is 7.09. The maximum Gasteiger partial charge on any atom is 0.247 e. The molecule has 0 aromatic rings. The SMILES string of the molecule is CCCS(=O)(=O)NN=C(C)C. The first-order valence-corrected chi connectivity index (χ1v) is 5.13. The molecular formula is C6H14N2O2S. The zero-order chi connectivity index (χ0) is 8.91. The highest BCUT2D eigenvalue weighted by atomic mass is 32.2. The minimum atomic E-state index is -3.16. The van der Waals surface area contributed by atoms with E-state index in [1.165, 1.54) is 0 Å². The molecule has 0 heterocycles. The highest BCUT2D eigenvalue weighted by Gasteiger charge is 2.04. The van der Waals surface area contributed by atoms with Gasteiger partial charge in [0.05, 0.1) is 5.75 Å². The van der Waals surface area contributed by atoms with E-state index in [0.29, 0.717) is 12.1 Å². The Kier molecular flexibility index (Phi) is 4.10. The van der Waals surface area contributed by atoms with E-state index in [0.717, 1.165) is 0 Å². The summed E-state index contributed by atoms with van der Waals surface area (Å²) in [4.78, 5) is 2.12. The Labute approximate surface area is 67.7 Å². The van der Waals surface area contributed by atoms with Crippen LogP contribution in [0.5, 0.6) is 0 Å². The van der Waals surface area contributed by atoms with Crippen molar-refractivity contribution < 1.29 is 8.42 Å². The van der Waals surface area contributed by atoms with Crippen LogP contribution in [0.1, 0.15) is 27.2 Å². The van der Waals surface area contributed by atoms with Gasteiger partial charge in [0.15, 0.2) is 0 Å². The molecule has 0 rings (SSSR count). The van der Waals surface area contributed by atoms with Crippen LogP contribution in [0.3, 0.4) is 0 Å². The van der Waals surface area contributed by atoms with Gasteiger partial charge in [-0.25, -0.2) is 13.2 Å². The van der Waals surface area contributed by atoms with E-state index in [4.69, 9.17) is 0 Å². The summed E-state index contributed by atoms with van der Waals surface area (Å²) in [5, 5.41) is 3.59. The lowest BCUT2D eigenvalue weighted by Crippen LogP contribution is -2.21. The fraction of sp³-hybridized carbons (Fsp3) is 0.833. The Balaban J connectivity index is 4.05. The Morgan fingerprint density at radius 3 is 2.36 bits per heavy atom. The molecular weight excluding hydrogens is 164 g/mol. The van der Waals surface area contributed by atoms with Crippen molar-refractivity contribution in [1.29, 1.82) is 0 Å². The van der Waals surface area contributed by atoms with Crippen LogP contribution < -0.4 is 4.83 Å². The maximum absolute atomic E-state index is 10.9. The predicted molar refractivity (Wildman–Crippen MR) is 46.0 cm³/mol. The molecule has 0 amide bonds. The van der Waals surface area contributed by atoms with Gasteiger partial charge in [-0.2, -0.15) is 5.10 Å². The molecule has 0 fully saturated rings. The average molecular weight is 178 g/mol. The van der Waals surface area contributed by atoms with Crippen molar-refractivity contribution in [1.82, 2.24) is 4.83 Å². The van der Waals surface area contributed by atoms with Crippen LogP contribution in [0, 0.1) is 0 Å². The van der Waals surface area contributed by atoms with Crippen molar-refractivity contribution in [3.63, 3.8) is 0 Å². The van der Waals surface area contributed by atoms with Gasteiger partial charge < -0.3 is 0 Å². The van der Waals surface area contributed by atoms with Gasteiger partial charge >= 0.3 is 0 Å². The first-order valence-electron chi connectivity index (χ1n) is 3.48. The van der Waals surface area contributed by atoms with E-state index >= 15 is 0 Å². The summed E-state index contributed by atoms with van der Waals surface area (Å²) < 4.78 is 21.8. The molecule has 0 aliphatic heterocycles.